The lowest BCUT2D eigenvalue weighted by Gasteiger charge is -2.30. The second kappa shape index (κ2) is 11.1. The van der Waals surface area contributed by atoms with E-state index < -0.39 is 0 Å². The summed E-state index contributed by atoms with van der Waals surface area (Å²) in [6.07, 6.45) is 3.71. The van der Waals surface area contributed by atoms with Gasteiger partial charge in [-0.3, -0.25) is 9.36 Å². The molecule has 1 aliphatic heterocycles. The van der Waals surface area contributed by atoms with E-state index in [1.54, 1.807) is 7.11 Å². The topological polar surface area (TPSA) is 52.8 Å². The van der Waals surface area contributed by atoms with Gasteiger partial charge in [0.2, 0.25) is 0 Å². The van der Waals surface area contributed by atoms with Crippen LogP contribution in [0.3, 0.4) is 0 Å². The summed E-state index contributed by atoms with van der Waals surface area (Å²) in [5.74, 6) is 1.18. The monoisotopic (exact) mass is 590 g/mol. The van der Waals surface area contributed by atoms with Gasteiger partial charge in [0.15, 0.2) is 16.3 Å². The molecule has 1 aromatic heterocycles. The van der Waals surface area contributed by atoms with Crippen LogP contribution in [0.15, 0.2) is 112 Å². The van der Waals surface area contributed by atoms with Gasteiger partial charge >= 0.3 is 0 Å². The number of fused-ring (bicyclic) bond motifs is 3. The largest absolute Gasteiger partial charge is 0.493 e. The van der Waals surface area contributed by atoms with Crippen molar-refractivity contribution in [2.24, 2.45) is 4.99 Å². The Bertz CT molecular complexity index is 2030. The summed E-state index contributed by atoms with van der Waals surface area (Å²) < 4.78 is 14.2. The average Bonchev–Trinajstić information content (AvgIpc) is 3.34. The van der Waals surface area contributed by atoms with Crippen molar-refractivity contribution in [1.82, 2.24) is 4.57 Å². The van der Waals surface area contributed by atoms with Crippen molar-refractivity contribution < 1.29 is 9.47 Å². The summed E-state index contributed by atoms with van der Waals surface area (Å²) in [5.41, 5.74) is 7.44. The molecule has 0 radical (unpaired) electrons. The van der Waals surface area contributed by atoms with Crippen molar-refractivity contribution in [3.05, 3.63) is 155 Å². The second-order valence-corrected chi connectivity index (χ2v) is 11.7. The maximum Gasteiger partial charge on any atom is 0.271 e. The standard InChI is InChI=1S/C35H27ClN2O3S/c1-40-30-19-22(15-18-29(30)41-21-25-12-6-8-14-28(25)36)20-31-34(39)38-33(24-10-3-2-4-11-24)27-17-16-23-9-5-7-13-26(23)32(27)37-35(38)42-31/h2-15,18-20,33H,16-17,21H2,1H3/b31-20+/t33-/m1/s1. The van der Waals surface area contributed by atoms with Crippen LogP contribution in [-0.4, -0.2) is 11.7 Å². The van der Waals surface area contributed by atoms with Gasteiger partial charge in [-0.15, -0.1) is 0 Å². The van der Waals surface area contributed by atoms with Crippen LogP contribution in [0.4, 0.5) is 0 Å². The van der Waals surface area contributed by atoms with Crippen molar-refractivity contribution >= 4 is 34.7 Å². The predicted molar refractivity (Wildman–Crippen MR) is 168 cm³/mol. The maximum atomic E-state index is 14.0. The summed E-state index contributed by atoms with van der Waals surface area (Å²) in [5, 5.41) is 0.655. The first-order valence-electron chi connectivity index (χ1n) is 13.8. The van der Waals surface area contributed by atoms with Gasteiger partial charge in [-0.05, 0) is 59.4 Å². The van der Waals surface area contributed by atoms with Crippen LogP contribution in [0.1, 0.15) is 40.3 Å². The second-order valence-electron chi connectivity index (χ2n) is 10.3. The van der Waals surface area contributed by atoms with Gasteiger partial charge < -0.3 is 9.47 Å². The normalized spacial score (nSPS) is 15.9. The van der Waals surface area contributed by atoms with Crippen LogP contribution in [-0.2, 0) is 13.0 Å². The zero-order chi connectivity index (χ0) is 28.6. The molecule has 0 saturated heterocycles. The third-order valence-electron chi connectivity index (χ3n) is 7.81. The molecule has 2 heterocycles. The molecule has 0 spiro atoms. The molecule has 4 aromatic carbocycles. The lowest BCUT2D eigenvalue weighted by atomic mass is 9.83. The van der Waals surface area contributed by atoms with Crippen LogP contribution in [0.2, 0.25) is 5.02 Å². The number of aromatic nitrogens is 1. The van der Waals surface area contributed by atoms with Gasteiger partial charge in [0, 0.05) is 16.1 Å². The Balaban J connectivity index is 1.30. The number of benzene rings is 4. The predicted octanol–water partition coefficient (Wildman–Crippen LogP) is 6.56. The van der Waals surface area contributed by atoms with Gasteiger partial charge in [0.25, 0.3) is 5.56 Å². The molecule has 7 heteroatoms. The summed E-state index contributed by atoms with van der Waals surface area (Å²) in [7, 11) is 1.61. The molecule has 7 rings (SSSR count). The van der Waals surface area contributed by atoms with Gasteiger partial charge in [-0.25, -0.2) is 4.99 Å². The Labute approximate surface area is 252 Å². The molecule has 1 atom stereocenters. The lowest BCUT2D eigenvalue weighted by Crippen LogP contribution is -2.38. The minimum atomic E-state index is -0.192. The van der Waals surface area contributed by atoms with E-state index in [1.807, 2.05) is 71.3 Å². The molecule has 2 aliphatic rings. The van der Waals surface area contributed by atoms with Gasteiger partial charge in [0.1, 0.15) is 6.61 Å². The molecule has 5 nitrogen and oxygen atoms in total. The van der Waals surface area contributed by atoms with Crippen molar-refractivity contribution in [2.75, 3.05) is 7.11 Å². The first-order valence-corrected chi connectivity index (χ1v) is 15.0. The maximum absolute atomic E-state index is 14.0. The van der Waals surface area contributed by atoms with Gasteiger partial charge in [-0.1, -0.05) is 102 Å². The highest BCUT2D eigenvalue weighted by Gasteiger charge is 2.32. The minimum absolute atomic E-state index is 0.0453. The quantitative estimate of drug-likeness (QED) is 0.225. The molecular formula is C35H27ClN2O3S. The third kappa shape index (κ3) is 4.77. The SMILES string of the molecule is COc1cc(/C=c2/sc3n(c2=O)[C@H](c2ccccc2)C2=C(N=3)c3ccccc3CC2)ccc1OCc1ccccc1Cl. The number of halogens is 1. The molecular weight excluding hydrogens is 564 g/mol. The smallest absolute Gasteiger partial charge is 0.271 e. The fourth-order valence-corrected chi connectivity index (χ4v) is 6.96. The van der Waals surface area contributed by atoms with Crippen LogP contribution in [0.25, 0.3) is 11.8 Å². The van der Waals surface area contributed by atoms with E-state index in [0.29, 0.717) is 32.5 Å². The molecule has 0 unspecified atom stereocenters. The van der Waals surface area contributed by atoms with Crippen molar-refractivity contribution in [3.8, 4) is 11.5 Å². The highest BCUT2D eigenvalue weighted by Crippen LogP contribution is 2.41. The van der Waals surface area contributed by atoms with E-state index in [9.17, 15) is 4.79 Å². The van der Waals surface area contributed by atoms with Crippen molar-refractivity contribution in [2.45, 2.75) is 25.5 Å². The molecule has 0 fully saturated rings. The first kappa shape index (κ1) is 26.5. The summed E-state index contributed by atoms with van der Waals surface area (Å²) >= 11 is 7.71. The number of methoxy groups -OCH3 is 1. The Morgan fingerprint density at radius 3 is 2.57 bits per heavy atom. The van der Waals surface area contributed by atoms with Gasteiger partial charge in [-0.2, -0.15) is 0 Å². The third-order valence-corrected chi connectivity index (χ3v) is 9.17. The zero-order valence-corrected chi connectivity index (χ0v) is 24.5. The Morgan fingerprint density at radius 1 is 0.952 bits per heavy atom. The van der Waals surface area contributed by atoms with Crippen LogP contribution < -0.4 is 24.4 Å². The molecule has 208 valence electrons. The summed E-state index contributed by atoms with van der Waals surface area (Å²) in [6, 6.07) is 31.8. The number of rotatable bonds is 6. The van der Waals surface area contributed by atoms with Gasteiger partial charge in [0.05, 0.1) is 23.4 Å². The summed E-state index contributed by atoms with van der Waals surface area (Å²) in [6.45, 7) is 0.321. The van der Waals surface area contributed by atoms with Crippen LogP contribution >= 0.6 is 22.9 Å². The molecule has 0 amide bonds. The lowest BCUT2D eigenvalue weighted by molar-refractivity contribution is 0.284. The fourth-order valence-electron chi connectivity index (χ4n) is 5.77. The van der Waals surface area contributed by atoms with E-state index in [1.165, 1.54) is 22.5 Å². The molecule has 5 aromatic rings. The van der Waals surface area contributed by atoms with E-state index >= 15 is 0 Å². The molecule has 42 heavy (non-hydrogen) atoms. The number of hydrogen-bond acceptors (Lipinski definition) is 5. The highest BCUT2D eigenvalue weighted by atomic mass is 35.5. The Hall–Kier alpha value is -4.39. The highest BCUT2D eigenvalue weighted by molar-refractivity contribution is 7.07. The molecule has 0 saturated carbocycles. The summed E-state index contributed by atoms with van der Waals surface area (Å²) in [4.78, 5) is 19.8. The van der Waals surface area contributed by atoms with Crippen molar-refractivity contribution in [1.29, 1.82) is 0 Å². The Kier molecular flexibility index (Phi) is 7.02. The number of aryl methyl sites for hydroxylation is 1. The van der Waals surface area contributed by atoms with Crippen LogP contribution in [0, 0.1) is 0 Å². The molecule has 1 aliphatic carbocycles. The first-order chi connectivity index (χ1) is 20.6. The number of allylic oxidation sites excluding steroid dienone is 1. The minimum Gasteiger partial charge on any atom is -0.493 e. The number of nitrogens with zero attached hydrogens (tertiary/aromatic N) is 2. The number of thiazole rings is 1. The zero-order valence-electron chi connectivity index (χ0n) is 22.9. The molecule has 0 N–H and O–H groups in total. The average molecular weight is 591 g/mol. The van der Waals surface area contributed by atoms with E-state index in [4.69, 9.17) is 26.1 Å². The number of hydrogen-bond donors (Lipinski definition) is 0. The fraction of sp³-hybridized carbons (Fsp3) is 0.143. The van der Waals surface area contributed by atoms with Crippen molar-refractivity contribution in [3.63, 3.8) is 0 Å². The van der Waals surface area contributed by atoms with E-state index in [2.05, 4.69) is 36.4 Å². The Morgan fingerprint density at radius 2 is 1.74 bits per heavy atom. The van der Waals surface area contributed by atoms with E-state index in [-0.39, 0.29) is 11.6 Å². The number of ether oxygens (including phenoxy) is 2. The van der Waals surface area contributed by atoms with E-state index in [0.717, 1.165) is 40.8 Å². The van der Waals surface area contributed by atoms with Crippen LogP contribution in [0.5, 0.6) is 11.5 Å². The molecule has 0 bridgehead atoms.